The van der Waals surface area contributed by atoms with Crippen LogP contribution in [0.3, 0.4) is 0 Å². The van der Waals surface area contributed by atoms with E-state index in [2.05, 4.69) is 5.10 Å². The van der Waals surface area contributed by atoms with Crippen LogP contribution in [0.4, 0.5) is 24.5 Å². The van der Waals surface area contributed by atoms with Crippen molar-refractivity contribution in [2.75, 3.05) is 44.5 Å². The summed E-state index contributed by atoms with van der Waals surface area (Å²) in [7, 11) is 2.95. The van der Waals surface area contributed by atoms with E-state index in [1.165, 1.54) is 14.2 Å². The van der Waals surface area contributed by atoms with Gasteiger partial charge in [-0.15, -0.1) is 0 Å². The second-order valence-corrected chi connectivity index (χ2v) is 7.73. The van der Waals surface area contributed by atoms with Crippen molar-refractivity contribution in [3.05, 3.63) is 57.9 Å². The van der Waals surface area contributed by atoms with Gasteiger partial charge < -0.3 is 25.2 Å². The number of aliphatic hydroxyl groups is 1. The minimum Gasteiger partial charge on any atom is -0.497 e. The lowest BCUT2D eigenvalue weighted by Gasteiger charge is -2.21. The first kappa shape index (κ1) is 23.4. The molecule has 3 aromatic rings. The van der Waals surface area contributed by atoms with Crippen LogP contribution in [0.1, 0.15) is 11.1 Å². The topological polar surface area (TPSA) is 103 Å². The molecule has 0 spiro atoms. The molecular formula is C23H23F3N4O4. The third kappa shape index (κ3) is 4.14. The second-order valence-electron chi connectivity index (χ2n) is 7.73. The van der Waals surface area contributed by atoms with Gasteiger partial charge in [0.05, 0.1) is 37.8 Å². The fraction of sp³-hybridized carbons (Fsp3) is 0.304. The van der Waals surface area contributed by atoms with Crippen LogP contribution in [0, 0.1) is 0 Å². The molecule has 180 valence electrons. The van der Waals surface area contributed by atoms with Crippen LogP contribution in [-0.4, -0.2) is 48.8 Å². The van der Waals surface area contributed by atoms with Gasteiger partial charge >= 0.3 is 6.18 Å². The third-order valence-electron chi connectivity index (χ3n) is 5.66. The monoisotopic (exact) mass is 476 g/mol. The van der Waals surface area contributed by atoms with Crippen LogP contribution in [0.2, 0.25) is 0 Å². The van der Waals surface area contributed by atoms with Crippen molar-refractivity contribution in [3.63, 3.8) is 0 Å². The zero-order valence-corrected chi connectivity index (χ0v) is 18.5. The smallest absolute Gasteiger partial charge is 0.418 e. The van der Waals surface area contributed by atoms with Gasteiger partial charge in [-0.2, -0.15) is 23.0 Å². The fourth-order valence-corrected chi connectivity index (χ4v) is 4.12. The number of fused-ring (bicyclic) bond motifs is 1. The molecule has 0 saturated heterocycles. The minimum absolute atomic E-state index is 0.0500. The van der Waals surface area contributed by atoms with E-state index in [9.17, 15) is 23.1 Å². The van der Waals surface area contributed by atoms with E-state index in [1.54, 1.807) is 23.1 Å². The Hall–Kier alpha value is -3.73. The number of rotatable bonds is 6. The Morgan fingerprint density at radius 1 is 1.12 bits per heavy atom. The lowest BCUT2D eigenvalue weighted by atomic mass is 10.0. The van der Waals surface area contributed by atoms with E-state index in [0.29, 0.717) is 41.3 Å². The van der Waals surface area contributed by atoms with Gasteiger partial charge in [-0.3, -0.25) is 4.79 Å². The summed E-state index contributed by atoms with van der Waals surface area (Å²) in [5.41, 5.74) is 5.16. The highest BCUT2D eigenvalue weighted by Gasteiger charge is 2.36. The number of nitrogens with two attached hydrogens (primary N) is 1. The average molecular weight is 476 g/mol. The summed E-state index contributed by atoms with van der Waals surface area (Å²) >= 11 is 0. The summed E-state index contributed by atoms with van der Waals surface area (Å²) in [5.74, 6) is 0.903. The van der Waals surface area contributed by atoms with Gasteiger partial charge in [-0.25, -0.2) is 0 Å². The minimum atomic E-state index is -4.74. The molecule has 1 aliphatic heterocycles. The standard InChI is InChI=1S/C23H23F3N4O4/c1-33-15-9-13(10-16(12-15)34-2)20-17-5-6-29(7-8-31)21(17)22(32)30(28-20)19-11-14(27)3-4-18(19)23(24,25)26/h3-4,9-12,31H,5-8,27H2,1-2H3. The van der Waals surface area contributed by atoms with E-state index in [-0.39, 0.29) is 24.5 Å². The lowest BCUT2D eigenvalue weighted by Crippen LogP contribution is -2.33. The Labute approximate surface area is 192 Å². The molecule has 11 heteroatoms. The van der Waals surface area contributed by atoms with Crippen LogP contribution in [0.25, 0.3) is 16.9 Å². The van der Waals surface area contributed by atoms with Gasteiger partial charge in [0.15, 0.2) is 0 Å². The predicted molar refractivity (Wildman–Crippen MR) is 121 cm³/mol. The van der Waals surface area contributed by atoms with Crippen molar-refractivity contribution in [1.82, 2.24) is 9.78 Å². The Morgan fingerprint density at radius 3 is 2.38 bits per heavy atom. The number of alkyl halides is 3. The van der Waals surface area contributed by atoms with Gasteiger partial charge in [-0.05, 0) is 36.8 Å². The summed E-state index contributed by atoms with van der Waals surface area (Å²) in [4.78, 5) is 15.1. The molecule has 0 amide bonds. The summed E-state index contributed by atoms with van der Waals surface area (Å²) in [6.45, 7) is 0.333. The van der Waals surface area contributed by atoms with Crippen molar-refractivity contribution in [2.24, 2.45) is 0 Å². The molecule has 1 aromatic heterocycles. The first-order valence-electron chi connectivity index (χ1n) is 10.4. The van der Waals surface area contributed by atoms with Gasteiger partial charge in [0.25, 0.3) is 5.56 Å². The van der Waals surface area contributed by atoms with Gasteiger partial charge in [0.1, 0.15) is 17.2 Å². The molecule has 0 fully saturated rings. The zero-order chi connectivity index (χ0) is 24.6. The largest absolute Gasteiger partial charge is 0.497 e. The molecule has 0 saturated carbocycles. The van der Waals surface area contributed by atoms with Gasteiger partial charge in [-0.1, -0.05) is 0 Å². The van der Waals surface area contributed by atoms with Crippen molar-refractivity contribution >= 4 is 11.4 Å². The maximum atomic E-state index is 13.8. The summed E-state index contributed by atoms with van der Waals surface area (Å²) in [5, 5.41) is 13.9. The van der Waals surface area contributed by atoms with E-state index in [0.717, 1.165) is 22.9 Å². The second kappa shape index (κ2) is 8.90. The summed E-state index contributed by atoms with van der Waals surface area (Å²) < 4.78 is 52.9. The number of nitrogen functional groups attached to an aromatic ring is 1. The van der Waals surface area contributed by atoms with Crippen molar-refractivity contribution in [1.29, 1.82) is 0 Å². The van der Waals surface area contributed by atoms with E-state index < -0.39 is 23.0 Å². The highest BCUT2D eigenvalue weighted by molar-refractivity contribution is 5.75. The van der Waals surface area contributed by atoms with Gasteiger partial charge in [0.2, 0.25) is 0 Å². The Balaban J connectivity index is 2.07. The molecule has 8 nitrogen and oxygen atoms in total. The molecule has 2 heterocycles. The van der Waals surface area contributed by atoms with Crippen molar-refractivity contribution in [2.45, 2.75) is 12.6 Å². The number of aliphatic hydroxyl groups excluding tert-OH is 1. The number of hydrogen-bond acceptors (Lipinski definition) is 7. The quantitative estimate of drug-likeness (QED) is 0.528. The number of methoxy groups -OCH3 is 2. The lowest BCUT2D eigenvalue weighted by molar-refractivity contribution is -0.137. The molecule has 4 rings (SSSR count). The number of halogens is 3. The average Bonchev–Trinajstić information content (AvgIpc) is 3.22. The molecule has 2 aromatic carbocycles. The van der Waals surface area contributed by atoms with E-state index in [4.69, 9.17) is 15.2 Å². The molecule has 0 atom stereocenters. The number of aromatic nitrogens is 2. The first-order chi connectivity index (χ1) is 16.2. The number of β-amino-alcohol motifs (C(OH)–C–C–N with tert-alkyl or cyclic N) is 1. The highest BCUT2D eigenvalue weighted by Crippen LogP contribution is 2.38. The molecule has 34 heavy (non-hydrogen) atoms. The molecule has 0 aliphatic carbocycles. The van der Waals surface area contributed by atoms with Crippen LogP contribution < -0.4 is 25.7 Å². The normalized spacial score (nSPS) is 13.2. The summed E-state index contributed by atoms with van der Waals surface area (Å²) in [6.07, 6.45) is -4.32. The SMILES string of the molecule is COc1cc(OC)cc(-c2nn(-c3cc(N)ccc3C(F)(F)F)c(=O)c3c2CCN3CCO)c1. The van der Waals surface area contributed by atoms with Crippen molar-refractivity contribution in [3.8, 4) is 28.4 Å². The number of nitrogens with zero attached hydrogens (tertiary/aromatic N) is 3. The molecule has 0 unspecified atom stereocenters. The first-order valence-corrected chi connectivity index (χ1v) is 10.4. The maximum Gasteiger partial charge on any atom is 0.418 e. The van der Waals surface area contributed by atoms with Crippen LogP contribution >= 0.6 is 0 Å². The number of benzene rings is 2. The van der Waals surface area contributed by atoms with Crippen LogP contribution in [0.15, 0.2) is 41.2 Å². The molecule has 3 N–H and O–H groups in total. The van der Waals surface area contributed by atoms with Crippen molar-refractivity contribution < 1.29 is 27.8 Å². The molecular weight excluding hydrogens is 453 g/mol. The number of ether oxygens (including phenoxy) is 2. The van der Waals surface area contributed by atoms with Gasteiger partial charge in [0, 0.05) is 36.0 Å². The Kier molecular flexibility index (Phi) is 6.13. The molecule has 1 aliphatic rings. The maximum absolute atomic E-state index is 13.8. The highest BCUT2D eigenvalue weighted by atomic mass is 19.4. The molecule has 0 radical (unpaired) electrons. The molecule has 0 bridgehead atoms. The van der Waals surface area contributed by atoms with Crippen LogP contribution in [-0.2, 0) is 12.6 Å². The van der Waals surface area contributed by atoms with Crippen LogP contribution in [0.5, 0.6) is 11.5 Å². The fourth-order valence-electron chi connectivity index (χ4n) is 4.12. The summed E-state index contributed by atoms with van der Waals surface area (Å²) in [6, 6.07) is 8.00. The zero-order valence-electron chi connectivity index (χ0n) is 18.5. The Morgan fingerprint density at radius 2 is 1.79 bits per heavy atom. The third-order valence-corrected chi connectivity index (χ3v) is 5.66. The number of hydrogen-bond donors (Lipinski definition) is 2. The number of anilines is 2. The predicted octanol–water partition coefficient (Wildman–Crippen LogP) is 2.87. The Bertz CT molecular complexity index is 1270. The van der Waals surface area contributed by atoms with E-state index in [1.807, 2.05) is 0 Å². The van der Waals surface area contributed by atoms with E-state index >= 15 is 0 Å².